The Kier molecular flexibility index (Phi) is 6.57. The average Bonchev–Trinajstić information content (AvgIpc) is 2.57. The molecule has 0 bridgehead atoms. The predicted octanol–water partition coefficient (Wildman–Crippen LogP) is 1.63. The van der Waals surface area contributed by atoms with Crippen molar-refractivity contribution in [3.05, 3.63) is 29.1 Å². The van der Waals surface area contributed by atoms with Crippen molar-refractivity contribution in [1.29, 1.82) is 0 Å². The van der Waals surface area contributed by atoms with E-state index < -0.39 is 41.7 Å². The molecule has 0 atom stereocenters. The maximum absolute atomic E-state index is 12.9. The molecule has 0 saturated heterocycles. The standard InChI is InChI=1S/C16H17F3N2O5/c17-16(18,19)13-5-4-9(10(21-13)8-25-6-7-26-20)15(24)14-11(22)2-1-3-12(14)23/h4-5,14H,1-3,6-8,20H2. The van der Waals surface area contributed by atoms with E-state index in [0.717, 1.165) is 6.07 Å². The number of rotatable bonds is 7. The monoisotopic (exact) mass is 374 g/mol. The normalized spacial score (nSPS) is 16.2. The van der Waals surface area contributed by atoms with Gasteiger partial charge in [-0.3, -0.25) is 14.4 Å². The summed E-state index contributed by atoms with van der Waals surface area (Å²) in [5.74, 6) is 1.41. The van der Waals surface area contributed by atoms with E-state index in [-0.39, 0.29) is 37.3 Å². The first-order chi connectivity index (χ1) is 12.3. The Morgan fingerprint density at radius 3 is 2.42 bits per heavy atom. The lowest BCUT2D eigenvalue weighted by molar-refractivity contribution is -0.141. The quantitative estimate of drug-likeness (QED) is 0.334. The van der Waals surface area contributed by atoms with E-state index in [1.165, 1.54) is 0 Å². The molecule has 10 heteroatoms. The third kappa shape index (κ3) is 4.71. The Morgan fingerprint density at radius 2 is 1.85 bits per heavy atom. The number of alkyl halides is 3. The van der Waals surface area contributed by atoms with Crippen molar-refractivity contribution in [2.24, 2.45) is 11.8 Å². The lowest BCUT2D eigenvalue weighted by Gasteiger charge is -2.20. The van der Waals surface area contributed by atoms with Crippen LogP contribution in [-0.2, 0) is 31.9 Å². The first kappa shape index (κ1) is 20.1. The van der Waals surface area contributed by atoms with E-state index >= 15 is 0 Å². The summed E-state index contributed by atoms with van der Waals surface area (Å²) in [5, 5.41) is 0. The maximum Gasteiger partial charge on any atom is 0.433 e. The van der Waals surface area contributed by atoms with Crippen LogP contribution >= 0.6 is 0 Å². The molecule has 0 spiro atoms. The van der Waals surface area contributed by atoms with Crippen LogP contribution in [-0.4, -0.2) is 35.5 Å². The molecular weight excluding hydrogens is 357 g/mol. The number of nitrogens with zero attached hydrogens (tertiary/aromatic N) is 1. The van der Waals surface area contributed by atoms with Crippen molar-refractivity contribution >= 4 is 17.3 Å². The maximum atomic E-state index is 12.9. The number of pyridine rings is 1. The van der Waals surface area contributed by atoms with E-state index in [2.05, 4.69) is 9.82 Å². The Balaban J connectivity index is 2.34. The van der Waals surface area contributed by atoms with Crippen LogP contribution in [0.15, 0.2) is 12.1 Å². The molecule has 1 heterocycles. The lowest BCUT2D eigenvalue weighted by atomic mass is 9.81. The first-order valence-electron chi connectivity index (χ1n) is 7.82. The van der Waals surface area contributed by atoms with Crippen LogP contribution in [0.3, 0.4) is 0 Å². The number of nitrogens with two attached hydrogens (primary N) is 1. The van der Waals surface area contributed by atoms with Gasteiger partial charge in [0.05, 0.1) is 25.5 Å². The largest absolute Gasteiger partial charge is 0.433 e. The second-order valence-electron chi connectivity index (χ2n) is 5.70. The first-order valence-corrected chi connectivity index (χ1v) is 7.82. The second-order valence-corrected chi connectivity index (χ2v) is 5.70. The summed E-state index contributed by atoms with van der Waals surface area (Å²) < 4.78 is 43.8. The molecule has 0 unspecified atom stereocenters. The van der Waals surface area contributed by atoms with E-state index in [0.29, 0.717) is 12.5 Å². The number of carbonyl (C=O) groups is 3. The van der Waals surface area contributed by atoms with Gasteiger partial charge < -0.3 is 9.57 Å². The van der Waals surface area contributed by atoms with Gasteiger partial charge in [0.25, 0.3) is 0 Å². The van der Waals surface area contributed by atoms with Crippen molar-refractivity contribution in [2.45, 2.75) is 32.0 Å². The van der Waals surface area contributed by atoms with Crippen LogP contribution < -0.4 is 5.90 Å². The van der Waals surface area contributed by atoms with E-state index in [1.807, 2.05) is 0 Å². The van der Waals surface area contributed by atoms with Gasteiger partial charge in [-0.15, -0.1) is 0 Å². The Hall–Kier alpha value is -2.17. The highest BCUT2D eigenvalue weighted by Crippen LogP contribution is 2.30. The molecular formula is C16H17F3N2O5. The van der Waals surface area contributed by atoms with Crippen molar-refractivity contribution in [3.8, 4) is 0 Å². The third-order valence-electron chi connectivity index (χ3n) is 3.87. The zero-order valence-corrected chi connectivity index (χ0v) is 13.7. The summed E-state index contributed by atoms with van der Waals surface area (Å²) in [6.45, 7) is -0.478. The van der Waals surface area contributed by atoms with Gasteiger partial charge in [-0.1, -0.05) is 0 Å². The van der Waals surface area contributed by atoms with Gasteiger partial charge in [-0.25, -0.2) is 10.9 Å². The topological polar surface area (TPSA) is 109 Å². The number of ether oxygens (including phenoxy) is 1. The van der Waals surface area contributed by atoms with Crippen LogP contribution in [0.1, 0.15) is 41.0 Å². The fourth-order valence-corrected chi connectivity index (χ4v) is 2.62. The minimum atomic E-state index is -4.72. The van der Waals surface area contributed by atoms with Crippen LogP contribution in [0.4, 0.5) is 13.2 Å². The molecule has 142 valence electrons. The molecule has 0 amide bonds. The molecule has 26 heavy (non-hydrogen) atoms. The van der Waals surface area contributed by atoms with Crippen LogP contribution in [0, 0.1) is 5.92 Å². The highest BCUT2D eigenvalue weighted by atomic mass is 19.4. The van der Waals surface area contributed by atoms with Crippen molar-refractivity contribution in [2.75, 3.05) is 13.2 Å². The Labute approximate surface area is 146 Å². The summed E-state index contributed by atoms with van der Waals surface area (Å²) in [6.07, 6.45) is -4.19. The van der Waals surface area contributed by atoms with Crippen LogP contribution in [0.5, 0.6) is 0 Å². The van der Waals surface area contributed by atoms with E-state index in [1.54, 1.807) is 0 Å². The number of hydrogen-bond acceptors (Lipinski definition) is 7. The molecule has 0 aliphatic heterocycles. The number of Topliss-reactive ketones (excluding diaryl/α,β-unsaturated/α-hetero) is 3. The molecule has 2 N–H and O–H groups in total. The van der Waals surface area contributed by atoms with Gasteiger partial charge in [0.2, 0.25) is 0 Å². The summed E-state index contributed by atoms with van der Waals surface area (Å²) in [6, 6.07) is 1.56. The predicted molar refractivity (Wildman–Crippen MR) is 80.7 cm³/mol. The van der Waals surface area contributed by atoms with E-state index in [4.69, 9.17) is 10.6 Å². The smallest absolute Gasteiger partial charge is 0.373 e. The SMILES string of the molecule is NOCCOCc1nc(C(F)(F)F)ccc1C(=O)C1C(=O)CCCC1=O. The van der Waals surface area contributed by atoms with Crippen molar-refractivity contribution < 1.29 is 37.1 Å². The molecule has 0 aromatic carbocycles. The van der Waals surface area contributed by atoms with Gasteiger partial charge in [-0.2, -0.15) is 13.2 Å². The van der Waals surface area contributed by atoms with Gasteiger partial charge in [0.1, 0.15) is 11.6 Å². The molecule has 1 aliphatic rings. The number of halogens is 3. The number of ketones is 3. The van der Waals surface area contributed by atoms with Gasteiger partial charge in [0, 0.05) is 18.4 Å². The van der Waals surface area contributed by atoms with Gasteiger partial charge in [0.15, 0.2) is 17.3 Å². The number of hydrogen-bond donors (Lipinski definition) is 1. The molecule has 1 aromatic rings. The fourth-order valence-electron chi connectivity index (χ4n) is 2.62. The number of aromatic nitrogens is 1. The van der Waals surface area contributed by atoms with Crippen molar-refractivity contribution in [3.63, 3.8) is 0 Å². The highest BCUT2D eigenvalue weighted by molar-refractivity contribution is 6.25. The van der Waals surface area contributed by atoms with E-state index in [9.17, 15) is 27.6 Å². The fraction of sp³-hybridized carbons (Fsp3) is 0.500. The molecule has 2 rings (SSSR count). The van der Waals surface area contributed by atoms with Gasteiger partial charge in [-0.05, 0) is 18.6 Å². The number of carbonyl (C=O) groups excluding carboxylic acids is 3. The molecule has 1 aliphatic carbocycles. The average molecular weight is 374 g/mol. The summed E-state index contributed by atoms with van der Waals surface area (Å²) in [5.41, 5.74) is -1.74. The second kappa shape index (κ2) is 8.47. The highest BCUT2D eigenvalue weighted by Gasteiger charge is 2.39. The molecule has 0 radical (unpaired) electrons. The molecule has 1 aromatic heterocycles. The summed E-state index contributed by atoms with van der Waals surface area (Å²) >= 11 is 0. The van der Waals surface area contributed by atoms with Crippen molar-refractivity contribution in [1.82, 2.24) is 4.98 Å². The Bertz CT molecular complexity index is 690. The summed E-state index contributed by atoms with van der Waals surface area (Å²) in [7, 11) is 0. The Morgan fingerprint density at radius 1 is 1.19 bits per heavy atom. The lowest BCUT2D eigenvalue weighted by Crippen LogP contribution is -2.36. The zero-order valence-electron chi connectivity index (χ0n) is 13.7. The minimum absolute atomic E-state index is 0.0121. The molecule has 7 nitrogen and oxygen atoms in total. The molecule has 1 fully saturated rings. The molecule has 1 saturated carbocycles. The van der Waals surface area contributed by atoms with Crippen LogP contribution in [0.25, 0.3) is 0 Å². The summed E-state index contributed by atoms with van der Waals surface area (Å²) in [4.78, 5) is 44.3. The zero-order chi connectivity index (χ0) is 19.3. The minimum Gasteiger partial charge on any atom is -0.373 e. The van der Waals surface area contributed by atoms with Crippen LogP contribution in [0.2, 0.25) is 0 Å². The third-order valence-corrected chi connectivity index (χ3v) is 3.87. The van der Waals surface area contributed by atoms with Gasteiger partial charge >= 0.3 is 6.18 Å².